The molecule has 7 nitrogen and oxygen atoms in total. The molecule has 0 spiro atoms. The van der Waals surface area contributed by atoms with E-state index < -0.39 is 5.76 Å². The third-order valence-electron chi connectivity index (χ3n) is 2.62. The molecule has 0 saturated carbocycles. The van der Waals surface area contributed by atoms with Crippen molar-refractivity contribution in [1.29, 1.82) is 0 Å². The number of hydrogen-bond donors (Lipinski definition) is 3. The third-order valence-corrected chi connectivity index (χ3v) is 2.62. The number of H-pyrrole nitrogens is 2. The fourth-order valence-corrected chi connectivity index (χ4v) is 1.76. The Labute approximate surface area is 106 Å². The van der Waals surface area contributed by atoms with Crippen LogP contribution in [0, 0.1) is 6.92 Å². The van der Waals surface area contributed by atoms with E-state index in [0.29, 0.717) is 22.5 Å². The maximum absolute atomic E-state index is 11.9. The Balaban J connectivity index is 1.88. The molecule has 1 aromatic carbocycles. The minimum atomic E-state index is -0.526. The molecule has 0 atom stereocenters. The summed E-state index contributed by atoms with van der Waals surface area (Å²) in [7, 11) is 0. The monoisotopic (exact) mass is 258 g/mol. The number of rotatable bonds is 2. The van der Waals surface area contributed by atoms with E-state index >= 15 is 0 Å². The molecule has 0 unspecified atom stereocenters. The van der Waals surface area contributed by atoms with Crippen LogP contribution in [0.2, 0.25) is 0 Å². The molecule has 0 aliphatic heterocycles. The fourth-order valence-electron chi connectivity index (χ4n) is 1.76. The third kappa shape index (κ3) is 2.13. The Morgan fingerprint density at radius 1 is 1.37 bits per heavy atom. The number of nitrogens with one attached hydrogen (secondary N) is 3. The summed E-state index contributed by atoms with van der Waals surface area (Å²) in [5.74, 6) is -0.851. The number of aromatic amines is 2. The predicted molar refractivity (Wildman–Crippen MR) is 68.1 cm³/mol. The van der Waals surface area contributed by atoms with E-state index in [1.807, 2.05) is 6.92 Å². The maximum Gasteiger partial charge on any atom is 0.417 e. The molecule has 1 amide bonds. The smallest absolute Gasteiger partial charge is 0.408 e. The van der Waals surface area contributed by atoms with Gasteiger partial charge in [-0.2, -0.15) is 5.10 Å². The van der Waals surface area contributed by atoms with Gasteiger partial charge in [0.25, 0.3) is 5.91 Å². The van der Waals surface area contributed by atoms with E-state index in [9.17, 15) is 9.59 Å². The predicted octanol–water partition coefficient (Wildman–Crippen LogP) is 1.40. The van der Waals surface area contributed by atoms with Gasteiger partial charge in [0, 0.05) is 11.4 Å². The van der Waals surface area contributed by atoms with Gasteiger partial charge in [-0.1, -0.05) is 0 Å². The molecule has 0 fully saturated rings. The Morgan fingerprint density at radius 2 is 2.21 bits per heavy atom. The van der Waals surface area contributed by atoms with Crippen molar-refractivity contribution in [1.82, 2.24) is 15.2 Å². The first kappa shape index (κ1) is 11.3. The van der Waals surface area contributed by atoms with Crippen molar-refractivity contribution in [2.45, 2.75) is 6.92 Å². The van der Waals surface area contributed by atoms with E-state index in [2.05, 4.69) is 20.5 Å². The molecule has 0 aliphatic rings. The van der Waals surface area contributed by atoms with Gasteiger partial charge in [-0.05, 0) is 31.2 Å². The zero-order valence-electron chi connectivity index (χ0n) is 9.98. The molecule has 7 heteroatoms. The van der Waals surface area contributed by atoms with Crippen LogP contribution in [0.1, 0.15) is 16.2 Å². The highest BCUT2D eigenvalue weighted by atomic mass is 16.4. The van der Waals surface area contributed by atoms with Gasteiger partial charge in [-0.15, -0.1) is 0 Å². The summed E-state index contributed by atoms with van der Waals surface area (Å²) in [6, 6.07) is 6.53. The van der Waals surface area contributed by atoms with E-state index in [-0.39, 0.29) is 5.91 Å². The van der Waals surface area contributed by atoms with Crippen LogP contribution in [-0.4, -0.2) is 21.1 Å². The average molecular weight is 258 g/mol. The van der Waals surface area contributed by atoms with Crippen LogP contribution in [0.4, 0.5) is 5.69 Å². The van der Waals surface area contributed by atoms with Crippen LogP contribution < -0.4 is 11.1 Å². The zero-order valence-corrected chi connectivity index (χ0v) is 9.98. The number of aromatic nitrogens is 3. The van der Waals surface area contributed by atoms with Crippen LogP contribution in [-0.2, 0) is 0 Å². The summed E-state index contributed by atoms with van der Waals surface area (Å²) < 4.78 is 4.87. The quantitative estimate of drug-likeness (QED) is 0.646. The Hall–Kier alpha value is -2.83. The fraction of sp³-hybridized carbons (Fsp3) is 0.0833. The molecule has 96 valence electrons. The number of amides is 1. The number of hydrogen-bond acceptors (Lipinski definition) is 4. The molecule has 3 N–H and O–H groups in total. The highest BCUT2D eigenvalue weighted by molar-refractivity contribution is 6.03. The first-order chi connectivity index (χ1) is 9.11. The Bertz CT molecular complexity index is 812. The largest absolute Gasteiger partial charge is 0.417 e. The number of carbonyl (C=O) groups is 1. The van der Waals surface area contributed by atoms with E-state index in [1.165, 1.54) is 0 Å². The van der Waals surface area contributed by atoms with Crippen LogP contribution in [0.5, 0.6) is 0 Å². The number of carbonyl (C=O) groups excluding carboxylic acids is 1. The van der Waals surface area contributed by atoms with Crippen molar-refractivity contribution in [3.63, 3.8) is 0 Å². The standard InChI is InChI=1S/C12H10N4O3/c1-6-4-9(16-15-6)11(17)13-7-2-3-10-8(5-7)14-12(18)19-10/h2-5H,1H3,(H,13,17)(H,14,18)(H,15,16). The molecule has 3 aromatic rings. The topological polar surface area (TPSA) is 104 Å². The van der Waals surface area contributed by atoms with Crippen molar-refractivity contribution in [3.05, 3.63) is 46.2 Å². The number of fused-ring (bicyclic) bond motifs is 1. The van der Waals surface area contributed by atoms with Gasteiger partial charge in [0.2, 0.25) is 0 Å². The lowest BCUT2D eigenvalue weighted by atomic mass is 10.2. The summed E-state index contributed by atoms with van der Waals surface area (Å²) in [5.41, 5.74) is 2.63. The highest BCUT2D eigenvalue weighted by Crippen LogP contribution is 2.16. The SMILES string of the molecule is Cc1cc(C(=O)Nc2ccc3oc(=O)[nH]c3c2)n[nH]1. The van der Waals surface area contributed by atoms with E-state index in [1.54, 1.807) is 24.3 Å². The molecule has 0 bridgehead atoms. The Morgan fingerprint density at radius 3 is 2.95 bits per heavy atom. The minimum Gasteiger partial charge on any atom is -0.408 e. The van der Waals surface area contributed by atoms with E-state index in [4.69, 9.17) is 4.42 Å². The molecule has 2 heterocycles. The van der Waals surface area contributed by atoms with Crippen molar-refractivity contribution in [2.24, 2.45) is 0 Å². The molecule has 3 rings (SSSR count). The molecular formula is C12H10N4O3. The number of nitrogens with zero attached hydrogens (tertiary/aromatic N) is 1. The molecular weight excluding hydrogens is 248 g/mol. The summed E-state index contributed by atoms with van der Waals surface area (Å²) in [4.78, 5) is 25.4. The minimum absolute atomic E-state index is 0.304. The second-order valence-electron chi connectivity index (χ2n) is 4.12. The van der Waals surface area contributed by atoms with Gasteiger partial charge in [0.05, 0.1) is 5.52 Å². The highest BCUT2D eigenvalue weighted by Gasteiger charge is 2.10. The van der Waals surface area contributed by atoms with Crippen molar-refractivity contribution in [2.75, 3.05) is 5.32 Å². The lowest BCUT2D eigenvalue weighted by Gasteiger charge is -2.02. The van der Waals surface area contributed by atoms with Crippen molar-refractivity contribution < 1.29 is 9.21 Å². The second-order valence-corrected chi connectivity index (χ2v) is 4.12. The van der Waals surface area contributed by atoms with Gasteiger partial charge in [0.15, 0.2) is 11.3 Å². The lowest BCUT2D eigenvalue weighted by Crippen LogP contribution is -2.12. The molecule has 2 aromatic heterocycles. The summed E-state index contributed by atoms with van der Waals surface area (Å²) >= 11 is 0. The number of benzene rings is 1. The van der Waals surface area contributed by atoms with E-state index in [0.717, 1.165) is 5.69 Å². The maximum atomic E-state index is 11.9. The van der Waals surface area contributed by atoms with Crippen LogP contribution in [0.25, 0.3) is 11.1 Å². The van der Waals surface area contributed by atoms with Crippen molar-refractivity contribution in [3.8, 4) is 0 Å². The second kappa shape index (κ2) is 4.13. The molecule has 0 radical (unpaired) electrons. The van der Waals surface area contributed by atoms with Crippen LogP contribution in [0.15, 0.2) is 33.5 Å². The number of anilines is 1. The van der Waals surface area contributed by atoms with Crippen LogP contribution in [0.3, 0.4) is 0 Å². The summed E-state index contributed by atoms with van der Waals surface area (Å²) in [5, 5.41) is 9.25. The van der Waals surface area contributed by atoms with Gasteiger partial charge < -0.3 is 9.73 Å². The summed E-state index contributed by atoms with van der Waals surface area (Å²) in [6.07, 6.45) is 0. The van der Waals surface area contributed by atoms with Gasteiger partial charge >= 0.3 is 5.76 Å². The first-order valence-corrected chi connectivity index (χ1v) is 5.58. The number of aryl methyl sites for hydroxylation is 1. The zero-order chi connectivity index (χ0) is 13.4. The lowest BCUT2D eigenvalue weighted by molar-refractivity contribution is 0.102. The number of oxazole rings is 1. The average Bonchev–Trinajstić information content (AvgIpc) is 2.93. The Kier molecular flexibility index (Phi) is 2.45. The van der Waals surface area contributed by atoms with Crippen LogP contribution >= 0.6 is 0 Å². The molecule has 0 saturated heterocycles. The summed E-state index contributed by atoms with van der Waals surface area (Å²) in [6.45, 7) is 1.81. The van der Waals surface area contributed by atoms with Gasteiger partial charge in [-0.25, -0.2) is 4.79 Å². The molecule has 19 heavy (non-hydrogen) atoms. The van der Waals surface area contributed by atoms with Gasteiger partial charge in [-0.3, -0.25) is 14.9 Å². The van der Waals surface area contributed by atoms with Gasteiger partial charge in [0.1, 0.15) is 0 Å². The van der Waals surface area contributed by atoms with Crippen molar-refractivity contribution >= 4 is 22.7 Å². The first-order valence-electron chi connectivity index (χ1n) is 5.58. The molecule has 0 aliphatic carbocycles. The normalized spacial score (nSPS) is 10.8.